The molecule has 1 N–H and O–H groups in total. The van der Waals surface area contributed by atoms with Gasteiger partial charge in [-0.15, -0.1) is 0 Å². The molecular weight excluding hydrogens is 224 g/mol. The van der Waals surface area contributed by atoms with E-state index in [4.69, 9.17) is 4.74 Å². The molecule has 2 aliphatic heterocycles. The maximum Gasteiger partial charge on any atom is 0.0469 e. The van der Waals surface area contributed by atoms with Gasteiger partial charge in [-0.25, -0.2) is 0 Å². The van der Waals surface area contributed by atoms with Crippen molar-refractivity contribution in [1.82, 2.24) is 10.2 Å². The van der Waals surface area contributed by atoms with Crippen molar-refractivity contribution in [2.24, 2.45) is 5.92 Å². The van der Waals surface area contributed by atoms with Gasteiger partial charge in [-0.05, 0) is 39.0 Å². The topological polar surface area (TPSA) is 24.5 Å². The zero-order valence-corrected chi connectivity index (χ0v) is 12.3. The number of ether oxygens (including phenoxy) is 1. The Morgan fingerprint density at radius 3 is 2.72 bits per heavy atom. The number of nitrogens with zero attached hydrogens (tertiary/aromatic N) is 1. The minimum Gasteiger partial charge on any atom is -0.381 e. The summed E-state index contributed by atoms with van der Waals surface area (Å²) in [4.78, 5) is 2.74. The minimum absolute atomic E-state index is 0.677. The Balaban J connectivity index is 1.91. The number of piperazine rings is 1. The van der Waals surface area contributed by atoms with Gasteiger partial charge in [-0.3, -0.25) is 4.90 Å². The Hall–Kier alpha value is -0.120. The molecule has 2 aliphatic rings. The van der Waals surface area contributed by atoms with Crippen LogP contribution in [0, 0.1) is 5.92 Å². The van der Waals surface area contributed by atoms with E-state index in [0.717, 1.165) is 25.7 Å². The minimum atomic E-state index is 0.677. The summed E-state index contributed by atoms with van der Waals surface area (Å²) < 4.78 is 5.49. The molecule has 0 amide bonds. The fourth-order valence-corrected chi connectivity index (χ4v) is 3.53. The number of nitrogens with one attached hydrogen (secondary N) is 1. The van der Waals surface area contributed by atoms with Gasteiger partial charge in [0, 0.05) is 44.4 Å². The predicted octanol–water partition coefficient (Wildman–Crippen LogP) is 2.26. The summed E-state index contributed by atoms with van der Waals surface area (Å²) in [6.45, 7) is 11.4. The molecule has 2 rings (SSSR count). The second kappa shape index (κ2) is 6.88. The van der Waals surface area contributed by atoms with Crippen LogP contribution in [0.4, 0.5) is 0 Å². The Morgan fingerprint density at radius 1 is 1.33 bits per heavy atom. The summed E-state index contributed by atoms with van der Waals surface area (Å²) in [6, 6.07) is 2.09. The van der Waals surface area contributed by atoms with Gasteiger partial charge in [0.05, 0.1) is 0 Å². The van der Waals surface area contributed by atoms with Crippen LogP contribution >= 0.6 is 0 Å². The van der Waals surface area contributed by atoms with Crippen LogP contribution in [0.25, 0.3) is 0 Å². The van der Waals surface area contributed by atoms with E-state index in [0.29, 0.717) is 18.1 Å². The van der Waals surface area contributed by atoms with Gasteiger partial charge in [0.1, 0.15) is 0 Å². The van der Waals surface area contributed by atoms with Gasteiger partial charge in [0.2, 0.25) is 0 Å². The maximum absolute atomic E-state index is 5.49. The molecule has 18 heavy (non-hydrogen) atoms. The maximum atomic E-state index is 5.49. The van der Waals surface area contributed by atoms with Gasteiger partial charge < -0.3 is 10.1 Å². The largest absolute Gasteiger partial charge is 0.381 e. The first-order valence-electron chi connectivity index (χ1n) is 7.79. The molecule has 0 aromatic rings. The molecule has 3 nitrogen and oxygen atoms in total. The van der Waals surface area contributed by atoms with E-state index in [1.165, 1.54) is 32.2 Å². The van der Waals surface area contributed by atoms with Crippen LogP contribution in [-0.2, 0) is 4.74 Å². The molecule has 0 radical (unpaired) electrons. The highest BCUT2D eigenvalue weighted by Gasteiger charge is 2.32. The average Bonchev–Trinajstić information content (AvgIpc) is 2.41. The van der Waals surface area contributed by atoms with Gasteiger partial charge in [-0.2, -0.15) is 0 Å². The number of rotatable bonds is 4. The van der Waals surface area contributed by atoms with E-state index in [-0.39, 0.29) is 0 Å². The number of hydrogen-bond donors (Lipinski definition) is 1. The summed E-state index contributed by atoms with van der Waals surface area (Å²) >= 11 is 0. The van der Waals surface area contributed by atoms with E-state index in [2.05, 4.69) is 31.0 Å². The summed E-state index contributed by atoms with van der Waals surface area (Å²) in [5.74, 6) is 0.835. The molecule has 0 bridgehead atoms. The molecule has 0 aromatic carbocycles. The molecular formula is C15H30N2O. The molecule has 2 heterocycles. The van der Waals surface area contributed by atoms with E-state index < -0.39 is 0 Å². The van der Waals surface area contributed by atoms with Crippen LogP contribution in [-0.4, -0.2) is 49.3 Å². The monoisotopic (exact) mass is 254 g/mol. The van der Waals surface area contributed by atoms with Gasteiger partial charge in [0.15, 0.2) is 0 Å². The van der Waals surface area contributed by atoms with Crippen molar-refractivity contribution in [1.29, 1.82) is 0 Å². The third kappa shape index (κ3) is 3.46. The van der Waals surface area contributed by atoms with Crippen molar-refractivity contribution in [2.75, 3.05) is 26.3 Å². The van der Waals surface area contributed by atoms with Crippen LogP contribution in [0.5, 0.6) is 0 Å². The summed E-state index contributed by atoms with van der Waals surface area (Å²) in [5, 5.41) is 3.69. The van der Waals surface area contributed by atoms with Crippen LogP contribution in [0.2, 0.25) is 0 Å². The summed E-state index contributed by atoms with van der Waals surface area (Å²) in [5.41, 5.74) is 0. The standard InChI is InChI=1S/C15H30N2O/c1-4-5-15-11-17(12(2)10-16-15)13(3)14-6-8-18-9-7-14/h12-16H,4-11H2,1-3H3. The van der Waals surface area contributed by atoms with Crippen molar-refractivity contribution in [3.8, 4) is 0 Å². The summed E-state index contributed by atoms with van der Waals surface area (Å²) in [6.07, 6.45) is 5.09. The van der Waals surface area contributed by atoms with Crippen molar-refractivity contribution in [3.63, 3.8) is 0 Å². The second-order valence-corrected chi connectivity index (χ2v) is 6.13. The van der Waals surface area contributed by atoms with Gasteiger partial charge in [0.25, 0.3) is 0 Å². The first kappa shape index (κ1) is 14.3. The molecule has 2 fully saturated rings. The zero-order chi connectivity index (χ0) is 13.0. The van der Waals surface area contributed by atoms with Crippen molar-refractivity contribution >= 4 is 0 Å². The molecule has 106 valence electrons. The fraction of sp³-hybridized carbons (Fsp3) is 1.00. The highest BCUT2D eigenvalue weighted by atomic mass is 16.5. The van der Waals surface area contributed by atoms with Crippen LogP contribution < -0.4 is 5.32 Å². The predicted molar refractivity (Wildman–Crippen MR) is 75.9 cm³/mol. The van der Waals surface area contributed by atoms with E-state index in [9.17, 15) is 0 Å². The summed E-state index contributed by atoms with van der Waals surface area (Å²) in [7, 11) is 0. The molecule has 3 heteroatoms. The lowest BCUT2D eigenvalue weighted by Crippen LogP contribution is -2.59. The molecule has 3 unspecified atom stereocenters. The lowest BCUT2D eigenvalue weighted by atomic mass is 9.89. The van der Waals surface area contributed by atoms with Crippen molar-refractivity contribution in [2.45, 2.75) is 64.6 Å². The quantitative estimate of drug-likeness (QED) is 0.833. The fourth-order valence-electron chi connectivity index (χ4n) is 3.53. The van der Waals surface area contributed by atoms with E-state index >= 15 is 0 Å². The average molecular weight is 254 g/mol. The van der Waals surface area contributed by atoms with Gasteiger partial charge >= 0.3 is 0 Å². The third-order valence-electron chi connectivity index (χ3n) is 4.81. The van der Waals surface area contributed by atoms with Crippen LogP contribution in [0.3, 0.4) is 0 Å². The Morgan fingerprint density at radius 2 is 2.06 bits per heavy atom. The highest BCUT2D eigenvalue weighted by Crippen LogP contribution is 2.25. The molecule has 3 atom stereocenters. The van der Waals surface area contributed by atoms with Crippen LogP contribution in [0.1, 0.15) is 46.5 Å². The Bertz CT molecular complexity index is 241. The lowest BCUT2D eigenvalue weighted by molar-refractivity contribution is 0.00672. The first-order chi connectivity index (χ1) is 8.72. The van der Waals surface area contributed by atoms with Gasteiger partial charge in [-0.1, -0.05) is 13.3 Å². The van der Waals surface area contributed by atoms with Crippen molar-refractivity contribution in [3.05, 3.63) is 0 Å². The smallest absolute Gasteiger partial charge is 0.0469 e. The van der Waals surface area contributed by atoms with Crippen molar-refractivity contribution < 1.29 is 4.74 Å². The Labute approximate surface area is 112 Å². The normalized spacial score (nSPS) is 33.5. The Kier molecular flexibility index (Phi) is 5.46. The molecule has 0 saturated carbocycles. The number of hydrogen-bond acceptors (Lipinski definition) is 3. The lowest BCUT2D eigenvalue weighted by Gasteiger charge is -2.45. The van der Waals surface area contributed by atoms with E-state index in [1.54, 1.807) is 0 Å². The molecule has 0 aromatic heterocycles. The first-order valence-corrected chi connectivity index (χ1v) is 7.79. The van der Waals surface area contributed by atoms with E-state index in [1.807, 2.05) is 0 Å². The molecule has 2 saturated heterocycles. The van der Waals surface area contributed by atoms with Crippen LogP contribution in [0.15, 0.2) is 0 Å². The zero-order valence-electron chi connectivity index (χ0n) is 12.3. The molecule has 0 spiro atoms. The molecule has 0 aliphatic carbocycles. The highest BCUT2D eigenvalue weighted by molar-refractivity contribution is 4.89. The third-order valence-corrected chi connectivity index (χ3v) is 4.81. The SMILES string of the molecule is CCCC1CN(C(C)C2CCOCC2)C(C)CN1. The second-order valence-electron chi connectivity index (χ2n) is 6.13.